The number of nitro groups is 1. The first kappa shape index (κ1) is 20.4. The van der Waals surface area contributed by atoms with Gasteiger partial charge < -0.3 is 5.32 Å². The molecule has 0 unspecified atom stereocenters. The summed E-state index contributed by atoms with van der Waals surface area (Å²) in [4.78, 5) is 27.5. The standard InChI is InChI=1S/C21H13BrFN5O3/c22-14-6-10-17(11-7-14)27-20(13-4-8-15(23)9-5-13)25-19(26-27)21(29)24-16-2-1-3-18(12-16)28(30)31/h1-12H,(H,24,29). The van der Waals surface area contributed by atoms with Crippen molar-refractivity contribution >= 4 is 33.2 Å². The summed E-state index contributed by atoms with van der Waals surface area (Å²) in [5, 5.41) is 17.8. The van der Waals surface area contributed by atoms with Crippen LogP contribution in [0, 0.1) is 15.9 Å². The maximum atomic E-state index is 13.4. The lowest BCUT2D eigenvalue weighted by Crippen LogP contribution is -2.14. The van der Waals surface area contributed by atoms with Crippen molar-refractivity contribution < 1.29 is 14.1 Å². The Hall–Kier alpha value is -3.92. The Balaban J connectivity index is 1.73. The van der Waals surface area contributed by atoms with Crippen molar-refractivity contribution in [2.45, 2.75) is 0 Å². The van der Waals surface area contributed by atoms with E-state index in [2.05, 4.69) is 31.3 Å². The van der Waals surface area contributed by atoms with E-state index in [4.69, 9.17) is 0 Å². The molecule has 154 valence electrons. The fraction of sp³-hybridized carbons (Fsp3) is 0. The first-order chi connectivity index (χ1) is 14.9. The Morgan fingerprint density at radius 3 is 2.45 bits per heavy atom. The van der Waals surface area contributed by atoms with E-state index >= 15 is 0 Å². The monoisotopic (exact) mass is 481 g/mol. The summed E-state index contributed by atoms with van der Waals surface area (Å²) < 4.78 is 15.7. The molecule has 0 atom stereocenters. The zero-order valence-corrected chi connectivity index (χ0v) is 17.3. The number of aromatic nitrogens is 3. The number of carbonyl (C=O) groups is 1. The van der Waals surface area contributed by atoms with Crippen molar-refractivity contribution in [3.63, 3.8) is 0 Å². The van der Waals surface area contributed by atoms with E-state index in [1.54, 1.807) is 12.1 Å². The molecule has 8 nitrogen and oxygen atoms in total. The van der Waals surface area contributed by atoms with Crippen molar-refractivity contribution in [3.8, 4) is 17.1 Å². The Labute approximate surface area is 183 Å². The molecule has 0 radical (unpaired) electrons. The fourth-order valence-electron chi connectivity index (χ4n) is 2.84. The third-order valence-electron chi connectivity index (χ3n) is 4.30. The van der Waals surface area contributed by atoms with Gasteiger partial charge in [-0.3, -0.25) is 14.9 Å². The quantitative estimate of drug-likeness (QED) is 0.319. The number of hydrogen-bond donors (Lipinski definition) is 1. The van der Waals surface area contributed by atoms with E-state index in [0.717, 1.165) is 4.47 Å². The summed E-state index contributed by atoms with van der Waals surface area (Å²) in [5.74, 6) is -0.845. The lowest BCUT2D eigenvalue weighted by atomic mass is 10.2. The molecule has 0 aliphatic heterocycles. The van der Waals surface area contributed by atoms with Crippen LogP contribution in [-0.4, -0.2) is 25.6 Å². The maximum absolute atomic E-state index is 13.4. The largest absolute Gasteiger partial charge is 0.319 e. The first-order valence-electron chi connectivity index (χ1n) is 8.95. The molecule has 1 amide bonds. The zero-order chi connectivity index (χ0) is 22.0. The van der Waals surface area contributed by atoms with Gasteiger partial charge in [0, 0.05) is 27.9 Å². The van der Waals surface area contributed by atoms with Gasteiger partial charge in [-0.25, -0.2) is 14.1 Å². The average molecular weight is 482 g/mol. The molecule has 4 rings (SSSR count). The predicted molar refractivity (Wildman–Crippen MR) is 116 cm³/mol. The van der Waals surface area contributed by atoms with Crippen LogP contribution in [0.1, 0.15) is 10.6 Å². The van der Waals surface area contributed by atoms with Crippen LogP contribution >= 0.6 is 15.9 Å². The summed E-state index contributed by atoms with van der Waals surface area (Å²) in [6, 6.07) is 18.4. The van der Waals surface area contributed by atoms with Gasteiger partial charge in [0.2, 0.25) is 5.82 Å². The third-order valence-corrected chi connectivity index (χ3v) is 4.83. The minimum atomic E-state index is -0.639. The lowest BCUT2D eigenvalue weighted by Gasteiger charge is -2.06. The van der Waals surface area contributed by atoms with Gasteiger partial charge in [-0.05, 0) is 54.6 Å². The Kier molecular flexibility index (Phi) is 5.54. The van der Waals surface area contributed by atoms with Crippen molar-refractivity contribution in [2.24, 2.45) is 0 Å². The molecule has 1 aromatic heterocycles. The molecule has 0 saturated heterocycles. The van der Waals surface area contributed by atoms with Gasteiger partial charge >= 0.3 is 0 Å². The van der Waals surface area contributed by atoms with Crippen LogP contribution in [0.5, 0.6) is 0 Å². The highest BCUT2D eigenvalue weighted by molar-refractivity contribution is 9.10. The molecule has 10 heteroatoms. The van der Waals surface area contributed by atoms with Crippen molar-refractivity contribution in [3.05, 3.63) is 99.0 Å². The predicted octanol–water partition coefficient (Wildman–Crippen LogP) is 5.00. The molecule has 0 aliphatic carbocycles. The van der Waals surface area contributed by atoms with Gasteiger partial charge in [0.15, 0.2) is 5.82 Å². The van der Waals surface area contributed by atoms with Crippen molar-refractivity contribution in [1.29, 1.82) is 0 Å². The third kappa shape index (κ3) is 4.48. The van der Waals surface area contributed by atoms with Crippen LogP contribution in [0.25, 0.3) is 17.1 Å². The number of nitrogens with zero attached hydrogens (tertiary/aromatic N) is 4. The van der Waals surface area contributed by atoms with Gasteiger partial charge in [-0.2, -0.15) is 0 Å². The molecule has 0 bridgehead atoms. The average Bonchev–Trinajstić information content (AvgIpc) is 3.20. The number of hydrogen-bond acceptors (Lipinski definition) is 5. The lowest BCUT2D eigenvalue weighted by molar-refractivity contribution is -0.384. The molecule has 4 aromatic rings. The number of nitrogens with one attached hydrogen (secondary N) is 1. The Morgan fingerprint density at radius 2 is 1.77 bits per heavy atom. The Bertz CT molecular complexity index is 1210. The minimum absolute atomic E-state index is 0.145. The molecule has 1 heterocycles. The van der Waals surface area contributed by atoms with E-state index in [0.29, 0.717) is 17.1 Å². The second kappa shape index (κ2) is 8.44. The van der Waals surface area contributed by atoms with Gasteiger partial charge in [-0.15, -0.1) is 5.10 Å². The Morgan fingerprint density at radius 1 is 1.06 bits per heavy atom. The summed E-state index contributed by atoms with van der Waals surface area (Å²) >= 11 is 3.37. The molecule has 0 saturated carbocycles. The SMILES string of the molecule is O=C(Nc1cccc([N+](=O)[O-])c1)c1nc(-c2ccc(F)cc2)n(-c2ccc(Br)cc2)n1. The normalized spacial score (nSPS) is 10.6. The van der Waals surface area contributed by atoms with Crippen molar-refractivity contribution in [1.82, 2.24) is 14.8 Å². The molecule has 3 aromatic carbocycles. The number of anilines is 1. The summed E-state index contributed by atoms with van der Waals surface area (Å²) in [7, 11) is 0. The number of amides is 1. The molecule has 31 heavy (non-hydrogen) atoms. The van der Waals surface area contributed by atoms with Gasteiger partial charge in [-0.1, -0.05) is 22.0 Å². The molecular weight excluding hydrogens is 469 g/mol. The van der Waals surface area contributed by atoms with E-state index in [1.807, 2.05) is 12.1 Å². The second-order valence-electron chi connectivity index (χ2n) is 6.42. The van der Waals surface area contributed by atoms with Crippen LogP contribution in [-0.2, 0) is 0 Å². The molecule has 1 N–H and O–H groups in total. The molecule has 0 fully saturated rings. The highest BCUT2D eigenvalue weighted by atomic mass is 79.9. The number of rotatable bonds is 5. The van der Waals surface area contributed by atoms with Crippen LogP contribution in [0.15, 0.2) is 77.3 Å². The van der Waals surface area contributed by atoms with Gasteiger partial charge in [0.05, 0.1) is 10.6 Å². The smallest absolute Gasteiger partial charge is 0.295 e. The topological polar surface area (TPSA) is 103 Å². The van der Waals surface area contributed by atoms with E-state index in [1.165, 1.54) is 53.2 Å². The summed E-state index contributed by atoms with van der Waals surface area (Å²) in [6.45, 7) is 0. The highest BCUT2D eigenvalue weighted by Gasteiger charge is 2.20. The number of halogens is 2. The molecular formula is C21H13BrFN5O3. The minimum Gasteiger partial charge on any atom is -0.319 e. The van der Waals surface area contributed by atoms with E-state index < -0.39 is 16.6 Å². The fourth-order valence-corrected chi connectivity index (χ4v) is 3.10. The summed E-state index contributed by atoms with van der Waals surface area (Å²) in [5.41, 5.74) is 1.29. The second-order valence-corrected chi connectivity index (χ2v) is 7.33. The maximum Gasteiger partial charge on any atom is 0.295 e. The number of carbonyl (C=O) groups excluding carboxylic acids is 1. The molecule has 0 aliphatic rings. The summed E-state index contributed by atoms with van der Waals surface area (Å²) in [6.07, 6.45) is 0. The first-order valence-corrected chi connectivity index (χ1v) is 9.75. The van der Waals surface area contributed by atoms with Gasteiger partial charge in [0.25, 0.3) is 11.6 Å². The number of non-ortho nitro benzene ring substituents is 1. The van der Waals surface area contributed by atoms with Crippen LogP contribution < -0.4 is 5.32 Å². The van der Waals surface area contributed by atoms with Crippen LogP contribution in [0.3, 0.4) is 0 Å². The number of nitro benzene ring substituents is 1. The van der Waals surface area contributed by atoms with Gasteiger partial charge in [0.1, 0.15) is 5.82 Å². The highest BCUT2D eigenvalue weighted by Crippen LogP contribution is 2.24. The van der Waals surface area contributed by atoms with E-state index in [-0.39, 0.29) is 17.2 Å². The molecule has 0 spiro atoms. The van der Waals surface area contributed by atoms with Crippen LogP contribution in [0.4, 0.5) is 15.8 Å². The zero-order valence-electron chi connectivity index (χ0n) is 15.7. The van der Waals surface area contributed by atoms with Crippen molar-refractivity contribution in [2.75, 3.05) is 5.32 Å². The van der Waals surface area contributed by atoms with Crippen LogP contribution in [0.2, 0.25) is 0 Å². The number of benzene rings is 3. The van der Waals surface area contributed by atoms with E-state index in [9.17, 15) is 19.3 Å².